The summed E-state index contributed by atoms with van der Waals surface area (Å²) in [6, 6.07) is 19.9. The Morgan fingerprint density at radius 1 is 0.893 bits per heavy atom. The summed E-state index contributed by atoms with van der Waals surface area (Å²) in [5.41, 5.74) is 0.504. The van der Waals surface area contributed by atoms with E-state index < -0.39 is 5.82 Å². The molecule has 0 saturated heterocycles. The van der Waals surface area contributed by atoms with Gasteiger partial charge in [-0.1, -0.05) is 18.2 Å². The number of carbonyl (C=O) groups excluding carboxylic acids is 1. The van der Waals surface area contributed by atoms with Crippen LogP contribution in [0.25, 0.3) is 0 Å². The van der Waals surface area contributed by atoms with Crippen molar-refractivity contribution in [3.05, 3.63) is 78.6 Å². The van der Waals surface area contributed by atoms with Crippen LogP contribution in [0.2, 0.25) is 0 Å². The maximum absolute atomic E-state index is 13.2. The molecule has 1 amide bonds. The van der Waals surface area contributed by atoms with E-state index >= 15 is 0 Å². The standard InChI is InChI=1S/C22H20FNO4/c1-2-26-17-10-12-18(13-11-17)28-21-9-4-3-8-20(21)24-22(25)15-27-19-7-5-6-16(23)14-19/h3-14H,2,15H2,1H3,(H,24,25). The second-order valence-corrected chi connectivity index (χ2v) is 5.80. The van der Waals surface area contributed by atoms with Gasteiger partial charge >= 0.3 is 0 Å². The van der Waals surface area contributed by atoms with Crippen LogP contribution in [0, 0.1) is 5.82 Å². The molecule has 144 valence electrons. The van der Waals surface area contributed by atoms with Crippen molar-refractivity contribution >= 4 is 11.6 Å². The number of para-hydroxylation sites is 2. The first-order valence-corrected chi connectivity index (χ1v) is 8.82. The van der Waals surface area contributed by atoms with Crippen LogP contribution in [0.5, 0.6) is 23.0 Å². The minimum Gasteiger partial charge on any atom is -0.494 e. The van der Waals surface area contributed by atoms with Gasteiger partial charge in [-0.25, -0.2) is 4.39 Å². The summed E-state index contributed by atoms with van der Waals surface area (Å²) in [5, 5.41) is 2.74. The lowest BCUT2D eigenvalue weighted by Gasteiger charge is -2.13. The molecule has 3 aromatic rings. The average molecular weight is 381 g/mol. The molecule has 0 spiro atoms. The minimum absolute atomic E-state index is 0.249. The number of nitrogens with one attached hydrogen (secondary N) is 1. The second kappa shape index (κ2) is 9.41. The number of halogens is 1. The fourth-order valence-electron chi connectivity index (χ4n) is 2.45. The second-order valence-electron chi connectivity index (χ2n) is 5.80. The van der Waals surface area contributed by atoms with Gasteiger partial charge in [-0.05, 0) is 55.5 Å². The van der Waals surface area contributed by atoms with Crippen molar-refractivity contribution in [2.24, 2.45) is 0 Å². The fraction of sp³-hybridized carbons (Fsp3) is 0.136. The predicted molar refractivity (Wildman–Crippen MR) is 105 cm³/mol. The summed E-state index contributed by atoms with van der Waals surface area (Å²) in [6.07, 6.45) is 0. The Labute approximate surface area is 162 Å². The molecule has 5 nitrogen and oxygen atoms in total. The third kappa shape index (κ3) is 5.48. The molecule has 0 unspecified atom stereocenters. The molecule has 0 aliphatic heterocycles. The van der Waals surface area contributed by atoms with E-state index in [1.54, 1.807) is 36.4 Å². The zero-order chi connectivity index (χ0) is 19.8. The smallest absolute Gasteiger partial charge is 0.262 e. The van der Waals surface area contributed by atoms with Crippen LogP contribution in [0.15, 0.2) is 72.8 Å². The first-order valence-electron chi connectivity index (χ1n) is 8.82. The summed E-state index contributed by atoms with van der Waals surface area (Å²) in [7, 11) is 0. The largest absolute Gasteiger partial charge is 0.494 e. The van der Waals surface area contributed by atoms with Crippen LogP contribution in [0.3, 0.4) is 0 Å². The molecule has 3 aromatic carbocycles. The lowest BCUT2D eigenvalue weighted by Crippen LogP contribution is -2.20. The molecule has 0 radical (unpaired) electrons. The number of rotatable bonds is 8. The molecule has 0 heterocycles. The molecular formula is C22H20FNO4. The molecule has 0 saturated carbocycles. The van der Waals surface area contributed by atoms with E-state index in [1.165, 1.54) is 18.2 Å². The van der Waals surface area contributed by atoms with Crippen molar-refractivity contribution in [3.63, 3.8) is 0 Å². The Hall–Kier alpha value is -3.54. The van der Waals surface area contributed by atoms with Crippen molar-refractivity contribution in [2.75, 3.05) is 18.5 Å². The van der Waals surface area contributed by atoms with Gasteiger partial charge in [0.15, 0.2) is 12.4 Å². The van der Waals surface area contributed by atoms with Crippen LogP contribution in [-0.4, -0.2) is 19.1 Å². The Balaban J connectivity index is 1.62. The van der Waals surface area contributed by atoms with E-state index in [4.69, 9.17) is 14.2 Å². The maximum Gasteiger partial charge on any atom is 0.262 e. The average Bonchev–Trinajstić information content (AvgIpc) is 2.70. The molecule has 0 aromatic heterocycles. The van der Waals surface area contributed by atoms with Crippen molar-refractivity contribution in [3.8, 4) is 23.0 Å². The molecule has 0 aliphatic rings. The highest BCUT2D eigenvalue weighted by atomic mass is 19.1. The van der Waals surface area contributed by atoms with Gasteiger partial charge in [-0.15, -0.1) is 0 Å². The summed E-state index contributed by atoms with van der Waals surface area (Å²) < 4.78 is 29.7. The van der Waals surface area contributed by atoms with Crippen molar-refractivity contribution in [1.29, 1.82) is 0 Å². The van der Waals surface area contributed by atoms with Crippen molar-refractivity contribution < 1.29 is 23.4 Å². The lowest BCUT2D eigenvalue weighted by molar-refractivity contribution is -0.118. The van der Waals surface area contributed by atoms with Gasteiger partial charge in [0.05, 0.1) is 12.3 Å². The highest BCUT2D eigenvalue weighted by Crippen LogP contribution is 2.30. The number of benzene rings is 3. The number of hydrogen-bond donors (Lipinski definition) is 1. The third-order valence-electron chi connectivity index (χ3n) is 3.69. The Kier molecular flexibility index (Phi) is 6.46. The summed E-state index contributed by atoms with van der Waals surface area (Å²) in [6.45, 7) is 2.26. The predicted octanol–water partition coefficient (Wildman–Crippen LogP) is 5.03. The van der Waals surface area contributed by atoms with E-state index in [-0.39, 0.29) is 18.3 Å². The SMILES string of the molecule is CCOc1ccc(Oc2ccccc2NC(=O)COc2cccc(F)c2)cc1. The summed E-state index contributed by atoms with van der Waals surface area (Å²) in [5.74, 6) is 1.34. The highest BCUT2D eigenvalue weighted by molar-refractivity contribution is 5.93. The number of hydrogen-bond acceptors (Lipinski definition) is 4. The van der Waals surface area contributed by atoms with Gasteiger partial charge in [-0.3, -0.25) is 4.79 Å². The number of ether oxygens (including phenoxy) is 3. The quantitative estimate of drug-likeness (QED) is 0.594. The molecule has 0 atom stereocenters. The first-order chi connectivity index (χ1) is 13.6. The van der Waals surface area contributed by atoms with Gasteiger partial charge in [0.2, 0.25) is 0 Å². The Morgan fingerprint density at radius 2 is 1.64 bits per heavy atom. The fourth-order valence-corrected chi connectivity index (χ4v) is 2.45. The van der Waals surface area contributed by atoms with E-state index in [0.717, 1.165) is 5.75 Å². The Bertz CT molecular complexity index is 928. The molecule has 0 fully saturated rings. The van der Waals surface area contributed by atoms with Crippen molar-refractivity contribution in [2.45, 2.75) is 6.92 Å². The molecule has 6 heteroatoms. The zero-order valence-electron chi connectivity index (χ0n) is 15.4. The summed E-state index contributed by atoms with van der Waals surface area (Å²) in [4.78, 5) is 12.2. The van der Waals surface area contributed by atoms with Gasteiger partial charge in [0.25, 0.3) is 5.91 Å². The number of amides is 1. The first kappa shape index (κ1) is 19.2. The normalized spacial score (nSPS) is 10.2. The van der Waals surface area contributed by atoms with E-state index in [2.05, 4.69) is 5.32 Å². The Morgan fingerprint density at radius 3 is 2.39 bits per heavy atom. The van der Waals surface area contributed by atoms with Crippen LogP contribution in [-0.2, 0) is 4.79 Å². The van der Waals surface area contributed by atoms with Gasteiger partial charge in [0.1, 0.15) is 23.1 Å². The topological polar surface area (TPSA) is 56.8 Å². The van der Waals surface area contributed by atoms with Crippen molar-refractivity contribution in [1.82, 2.24) is 0 Å². The third-order valence-corrected chi connectivity index (χ3v) is 3.69. The molecule has 0 bridgehead atoms. The van der Waals surface area contributed by atoms with E-state index in [1.807, 2.05) is 25.1 Å². The van der Waals surface area contributed by atoms with Crippen LogP contribution in [0.1, 0.15) is 6.92 Å². The van der Waals surface area contributed by atoms with Crippen LogP contribution >= 0.6 is 0 Å². The van der Waals surface area contributed by atoms with E-state index in [9.17, 15) is 9.18 Å². The monoisotopic (exact) mass is 381 g/mol. The lowest BCUT2D eigenvalue weighted by atomic mass is 10.2. The maximum atomic E-state index is 13.2. The molecule has 3 rings (SSSR count). The van der Waals surface area contributed by atoms with Gasteiger partial charge in [0, 0.05) is 6.07 Å². The van der Waals surface area contributed by atoms with Crippen LogP contribution < -0.4 is 19.5 Å². The number of carbonyl (C=O) groups is 1. The molecular weight excluding hydrogens is 361 g/mol. The van der Waals surface area contributed by atoms with Gasteiger partial charge in [-0.2, -0.15) is 0 Å². The number of anilines is 1. The summed E-state index contributed by atoms with van der Waals surface area (Å²) >= 11 is 0. The minimum atomic E-state index is -0.424. The zero-order valence-corrected chi connectivity index (χ0v) is 15.4. The van der Waals surface area contributed by atoms with Gasteiger partial charge < -0.3 is 19.5 Å². The van der Waals surface area contributed by atoms with Crippen LogP contribution in [0.4, 0.5) is 10.1 Å². The molecule has 28 heavy (non-hydrogen) atoms. The van der Waals surface area contributed by atoms with E-state index in [0.29, 0.717) is 23.8 Å². The molecule has 0 aliphatic carbocycles. The highest BCUT2D eigenvalue weighted by Gasteiger charge is 2.10. The molecule has 1 N–H and O–H groups in total.